The summed E-state index contributed by atoms with van der Waals surface area (Å²) in [6.45, 7) is 9.35. The van der Waals surface area contributed by atoms with E-state index in [1.807, 2.05) is 17.3 Å². The number of carbonyl (C=O) groups excluding carboxylic acids is 1. The number of hydrogen-bond donors (Lipinski definition) is 0. The fourth-order valence-corrected chi connectivity index (χ4v) is 3.64. The molecule has 26 heavy (non-hydrogen) atoms. The average molecular weight is 359 g/mol. The molecule has 0 spiro atoms. The first-order valence-corrected chi connectivity index (χ1v) is 9.49. The highest BCUT2D eigenvalue weighted by Crippen LogP contribution is 2.20. The number of piperidine rings is 1. The van der Waals surface area contributed by atoms with Gasteiger partial charge in [0.25, 0.3) is 5.91 Å². The molecule has 1 saturated heterocycles. The lowest BCUT2D eigenvalue weighted by Crippen LogP contribution is -2.41. The van der Waals surface area contributed by atoms with Crippen molar-refractivity contribution in [2.24, 2.45) is 5.92 Å². The van der Waals surface area contributed by atoms with E-state index in [-0.39, 0.29) is 5.91 Å². The Bertz CT molecular complexity index is 739. The number of rotatable bonds is 7. The largest absolute Gasteiger partial charge is 0.384 e. The highest BCUT2D eigenvalue weighted by Gasteiger charge is 2.26. The molecule has 1 fully saturated rings. The van der Waals surface area contributed by atoms with Crippen LogP contribution in [-0.2, 0) is 11.3 Å². The molecule has 0 aliphatic carbocycles. The molecule has 1 aliphatic heterocycles. The molecule has 0 unspecified atom stereocenters. The molecule has 1 aliphatic rings. The van der Waals surface area contributed by atoms with Crippen molar-refractivity contribution >= 4 is 11.6 Å². The van der Waals surface area contributed by atoms with Crippen LogP contribution < -0.4 is 0 Å². The van der Waals surface area contributed by atoms with Gasteiger partial charge in [-0.1, -0.05) is 13.8 Å². The molecule has 1 amide bonds. The van der Waals surface area contributed by atoms with E-state index in [9.17, 15) is 4.79 Å². The van der Waals surface area contributed by atoms with E-state index in [2.05, 4.69) is 28.8 Å². The van der Waals surface area contributed by atoms with Gasteiger partial charge in [-0.15, -0.1) is 0 Å². The van der Waals surface area contributed by atoms with Crippen LogP contribution in [0, 0.1) is 5.92 Å². The number of fused-ring (bicyclic) bond motifs is 1. The van der Waals surface area contributed by atoms with Gasteiger partial charge in [0.15, 0.2) is 5.65 Å². The van der Waals surface area contributed by atoms with Crippen molar-refractivity contribution in [1.82, 2.24) is 24.4 Å². The Morgan fingerprint density at radius 2 is 2.15 bits per heavy atom. The number of amides is 1. The first kappa shape index (κ1) is 18.8. The van der Waals surface area contributed by atoms with Crippen LogP contribution in [0.4, 0.5) is 0 Å². The molecule has 7 heteroatoms. The Balaban J connectivity index is 1.77. The molecule has 2 aromatic rings. The van der Waals surface area contributed by atoms with Crippen LogP contribution in [0.5, 0.6) is 0 Å². The highest BCUT2D eigenvalue weighted by molar-refractivity contribution is 5.99. The maximum atomic E-state index is 13.0. The van der Waals surface area contributed by atoms with E-state index in [4.69, 9.17) is 4.74 Å². The van der Waals surface area contributed by atoms with Crippen molar-refractivity contribution < 1.29 is 9.53 Å². The summed E-state index contributed by atoms with van der Waals surface area (Å²) in [4.78, 5) is 21.7. The predicted molar refractivity (Wildman–Crippen MR) is 100 cm³/mol. The number of likely N-dealkylation sites (tertiary alicyclic amines) is 1. The van der Waals surface area contributed by atoms with Gasteiger partial charge in [0.1, 0.15) is 5.56 Å². The van der Waals surface area contributed by atoms with E-state index in [0.717, 1.165) is 51.1 Å². The van der Waals surface area contributed by atoms with Crippen molar-refractivity contribution in [3.05, 3.63) is 29.7 Å². The predicted octanol–water partition coefficient (Wildman–Crippen LogP) is 2.07. The van der Waals surface area contributed by atoms with E-state index in [0.29, 0.717) is 23.7 Å². The van der Waals surface area contributed by atoms with Gasteiger partial charge in [-0.2, -0.15) is 5.10 Å². The maximum absolute atomic E-state index is 13.0. The zero-order valence-electron chi connectivity index (χ0n) is 16.0. The first-order chi connectivity index (χ1) is 12.7. The molecule has 3 rings (SSSR count). The van der Waals surface area contributed by atoms with Gasteiger partial charge in [0, 0.05) is 44.7 Å². The van der Waals surface area contributed by atoms with Crippen LogP contribution in [-0.4, -0.2) is 70.2 Å². The molecule has 142 valence electrons. The Morgan fingerprint density at radius 3 is 2.88 bits per heavy atom. The van der Waals surface area contributed by atoms with E-state index < -0.39 is 0 Å². The quantitative estimate of drug-likeness (QED) is 0.757. The second kappa shape index (κ2) is 8.60. The number of hydrogen-bond acceptors (Lipinski definition) is 5. The van der Waals surface area contributed by atoms with Gasteiger partial charge in [-0.3, -0.25) is 9.69 Å². The Labute approximate surface area is 154 Å². The first-order valence-electron chi connectivity index (χ1n) is 9.49. The molecule has 0 N–H and O–H groups in total. The van der Waals surface area contributed by atoms with Gasteiger partial charge in [-0.05, 0) is 31.8 Å². The van der Waals surface area contributed by atoms with Crippen molar-refractivity contribution in [1.29, 1.82) is 0 Å². The Morgan fingerprint density at radius 1 is 1.35 bits per heavy atom. The molecule has 3 heterocycles. The zero-order valence-corrected chi connectivity index (χ0v) is 16.0. The van der Waals surface area contributed by atoms with Crippen LogP contribution in [0.3, 0.4) is 0 Å². The van der Waals surface area contributed by atoms with Crippen LogP contribution in [0.2, 0.25) is 0 Å². The molecular formula is C19H29N5O2. The third kappa shape index (κ3) is 4.04. The minimum absolute atomic E-state index is 0.0183. The normalized spacial score (nSPS) is 18.0. The average Bonchev–Trinajstić information content (AvgIpc) is 3.09. The molecular weight excluding hydrogens is 330 g/mol. The summed E-state index contributed by atoms with van der Waals surface area (Å²) in [5.74, 6) is 0.429. The van der Waals surface area contributed by atoms with Crippen LogP contribution >= 0.6 is 0 Å². The second-order valence-corrected chi connectivity index (χ2v) is 6.96. The SMILES string of the molecule is CCN(CC)Cc1cnc2c(C(=O)N3CCC[C@@H](COC)C3)cnn2c1. The number of methoxy groups -OCH3 is 1. The number of ether oxygens (including phenoxy) is 1. The van der Waals surface area contributed by atoms with Crippen molar-refractivity contribution in [2.75, 3.05) is 39.9 Å². The van der Waals surface area contributed by atoms with Gasteiger partial charge >= 0.3 is 0 Å². The Hall–Kier alpha value is -1.99. The van der Waals surface area contributed by atoms with Crippen LogP contribution in [0.15, 0.2) is 18.6 Å². The summed E-state index contributed by atoms with van der Waals surface area (Å²) in [5.41, 5.74) is 2.31. The smallest absolute Gasteiger partial charge is 0.259 e. The topological polar surface area (TPSA) is 63.0 Å². The van der Waals surface area contributed by atoms with Crippen molar-refractivity contribution in [3.8, 4) is 0 Å². The molecule has 1 atom stereocenters. The highest BCUT2D eigenvalue weighted by atomic mass is 16.5. The Kier molecular flexibility index (Phi) is 6.21. The van der Waals surface area contributed by atoms with Crippen LogP contribution in [0.1, 0.15) is 42.6 Å². The van der Waals surface area contributed by atoms with Gasteiger partial charge in [-0.25, -0.2) is 9.50 Å². The summed E-state index contributed by atoms with van der Waals surface area (Å²) in [7, 11) is 1.71. The van der Waals surface area contributed by atoms with Crippen LogP contribution in [0.25, 0.3) is 5.65 Å². The molecule has 7 nitrogen and oxygen atoms in total. The lowest BCUT2D eigenvalue weighted by molar-refractivity contribution is 0.0572. The van der Waals surface area contributed by atoms with Gasteiger partial charge in [0.05, 0.1) is 12.8 Å². The zero-order chi connectivity index (χ0) is 18.5. The number of nitrogens with zero attached hydrogens (tertiary/aromatic N) is 5. The van der Waals surface area contributed by atoms with E-state index >= 15 is 0 Å². The summed E-state index contributed by atoms with van der Waals surface area (Å²) in [6, 6.07) is 0. The van der Waals surface area contributed by atoms with Crippen molar-refractivity contribution in [2.45, 2.75) is 33.2 Å². The lowest BCUT2D eigenvalue weighted by Gasteiger charge is -2.32. The summed E-state index contributed by atoms with van der Waals surface area (Å²) in [5, 5.41) is 4.37. The standard InChI is InChI=1S/C19H29N5O2/c1-4-22(5-2)11-16-9-20-18-17(10-21-24(18)13-16)19(25)23-8-6-7-15(12-23)14-26-3/h9-10,13,15H,4-8,11-12,14H2,1-3H3/t15-/m1/s1. The maximum Gasteiger partial charge on any atom is 0.259 e. The number of carbonyl (C=O) groups is 1. The molecule has 0 radical (unpaired) electrons. The number of aromatic nitrogens is 3. The third-order valence-corrected chi connectivity index (χ3v) is 5.15. The summed E-state index contributed by atoms with van der Waals surface area (Å²) in [6.07, 6.45) is 7.60. The summed E-state index contributed by atoms with van der Waals surface area (Å²) < 4.78 is 6.99. The summed E-state index contributed by atoms with van der Waals surface area (Å²) >= 11 is 0. The molecule has 0 bridgehead atoms. The van der Waals surface area contributed by atoms with E-state index in [1.54, 1.807) is 17.8 Å². The van der Waals surface area contributed by atoms with Crippen molar-refractivity contribution in [3.63, 3.8) is 0 Å². The minimum Gasteiger partial charge on any atom is -0.384 e. The monoisotopic (exact) mass is 359 g/mol. The molecule has 2 aromatic heterocycles. The van der Waals surface area contributed by atoms with E-state index in [1.165, 1.54) is 0 Å². The molecule has 0 saturated carbocycles. The third-order valence-electron chi connectivity index (χ3n) is 5.15. The lowest BCUT2D eigenvalue weighted by atomic mass is 9.98. The van der Waals surface area contributed by atoms with Gasteiger partial charge < -0.3 is 9.64 Å². The molecule has 0 aromatic carbocycles. The van der Waals surface area contributed by atoms with Gasteiger partial charge in [0.2, 0.25) is 0 Å². The minimum atomic E-state index is 0.0183. The fourth-order valence-electron chi connectivity index (χ4n) is 3.64. The fraction of sp³-hybridized carbons (Fsp3) is 0.632. The second-order valence-electron chi connectivity index (χ2n) is 6.96.